The third kappa shape index (κ3) is 3.20. The van der Waals surface area contributed by atoms with Crippen LogP contribution in [0.25, 0.3) is 0 Å². The second-order valence-electron chi connectivity index (χ2n) is 7.51. The topological polar surface area (TPSA) is 33.1 Å². The molecule has 4 nitrogen and oxygen atoms in total. The van der Waals surface area contributed by atoms with Gasteiger partial charge in [0.2, 0.25) is 0 Å². The summed E-state index contributed by atoms with van der Waals surface area (Å²) in [4.78, 5) is 7.29. The van der Waals surface area contributed by atoms with Gasteiger partial charge in [0, 0.05) is 49.9 Å². The van der Waals surface area contributed by atoms with Gasteiger partial charge in [-0.3, -0.25) is 0 Å². The first-order valence-corrected chi connectivity index (χ1v) is 10.6. The van der Waals surface area contributed by atoms with Crippen molar-refractivity contribution in [1.82, 2.24) is 14.9 Å². The van der Waals surface area contributed by atoms with Crippen LogP contribution in [0, 0.1) is 0 Å². The van der Waals surface area contributed by atoms with Crippen LogP contribution < -0.4 is 10.2 Å². The lowest BCUT2D eigenvalue weighted by molar-refractivity contribution is 0.412. The minimum absolute atomic E-state index is 0.620. The van der Waals surface area contributed by atoms with E-state index in [1.807, 2.05) is 11.8 Å². The molecule has 1 N–H and O–H groups in total. The number of piperidine rings is 1. The summed E-state index contributed by atoms with van der Waals surface area (Å²) in [6, 6.07) is 7.76. The zero-order chi connectivity index (χ0) is 16.6. The van der Waals surface area contributed by atoms with E-state index in [0.717, 1.165) is 26.2 Å². The summed E-state index contributed by atoms with van der Waals surface area (Å²) < 4.78 is 2.29. The summed E-state index contributed by atoms with van der Waals surface area (Å²) in [5.41, 5.74) is 5.79. The van der Waals surface area contributed by atoms with Crippen molar-refractivity contribution in [3.8, 4) is 0 Å². The molecule has 0 radical (unpaired) electrons. The van der Waals surface area contributed by atoms with Crippen molar-refractivity contribution < 1.29 is 0 Å². The lowest BCUT2D eigenvalue weighted by Gasteiger charge is -2.34. The molecule has 5 heteroatoms. The molecular formula is C20H26N4S. The van der Waals surface area contributed by atoms with Gasteiger partial charge in [-0.05, 0) is 55.4 Å². The Kier molecular flexibility index (Phi) is 4.22. The molecule has 0 spiro atoms. The van der Waals surface area contributed by atoms with E-state index in [0.29, 0.717) is 6.04 Å². The fourth-order valence-corrected chi connectivity index (χ4v) is 5.35. The molecule has 2 aromatic rings. The molecule has 0 amide bonds. The van der Waals surface area contributed by atoms with Crippen LogP contribution in [0.3, 0.4) is 0 Å². The van der Waals surface area contributed by atoms with Crippen molar-refractivity contribution in [1.29, 1.82) is 0 Å². The number of aromatic nitrogens is 2. The van der Waals surface area contributed by atoms with E-state index in [4.69, 9.17) is 4.98 Å². The SMILES string of the molecule is c1cc2c(cc1N1CCC(NCc3cn4c(n3)SCC4)CC1)CCC2. The number of thioether (sulfide) groups is 1. The summed E-state index contributed by atoms with van der Waals surface area (Å²) >= 11 is 1.87. The molecule has 1 aromatic carbocycles. The zero-order valence-corrected chi connectivity index (χ0v) is 15.5. The first-order chi connectivity index (χ1) is 12.3. The Morgan fingerprint density at radius 1 is 1.12 bits per heavy atom. The van der Waals surface area contributed by atoms with Crippen molar-refractivity contribution >= 4 is 17.4 Å². The van der Waals surface area contributed by atoms with Gasteiger partial charge < -0.3 is 14.8 Å². The highest BCUT2D eigenvalue weighted by Crippen LogP contribution is 2.28. The van der Waals surface area contributed by atoms with E-state index in [1.54, 1.807) is 11.1 Å². The quantitative estimate of drug-likeness (QED) is 0.914. The van der Waals surface area contributed by atoms with Gasteiger partial charge in [0.1, 0.15) is 0 Å². The minimum atomic E-state index is 0.620. The first kappa shape index (κ1) is 15.8. The molecule has 1 aromatic heterocycles. The van der Waals surface area contributed by atoms with E-state index in [9.17, 15) is 0 Å². The Balaban J connectivity index is 1.14. The monoisotopic (exact) mass is 354 g/mol. The Hall–Kier alpha value is -1.46. The maximum atomic E-state index is 4.72. The molecule has 0 saturated carbocycles. The van der Waals surface area contributed by atoms with Crippen LogP contribution in [0.1, 0.15) is 36.1 Å². The summed E-state index contributed by atoms with van der Waals surface area (Å²) in [6.07, 6.45) is 8.55. The summed E-state index contributed by atoms with van der Waals surface area (Å²) in [5.74, 6) is 1.18. The van der Waals surface area contributed by atoms with E-state index < -0.39 is 0 Å². The van der Waals surface area contributed by atoms with Crippen molar-refractivity contribution in [2.75, 3.05) is 23.7 Å². The van der Waals surface area contributed by atoms with Gasteiger partial charge in [0.25, 0.3) is 0 Å². The Morgan fingerprint density at radius 3 is 2.88 bits per heavy atom. The number of nitrogens with zero attached hydrogens (tertiary/aromatic N) is 3. The molecule has 25 heavy (non-hydrogen) atoms. The third-order valence-corrected chi connectivity index (χ3v) is 6.84. The number of fused-ring (bicyclic) bond motifs is 2. The maximum Gasteiger partial charge on any atom is 0.168 e. The van der Waals surface area contributed by atoms with E-state index in [1.165, 1.54) is 54.4 Å². The number of hydrogen-bond donors (Lipinski definition) is 1. The van der Waals surface area contributed by atoms with Crippen molar-refractivity contribution in [3.05, 3.63) is 41.2 Å². The number of anilines is 1. The number of imidazole rings is 1. The second kappa shape index (κ2) is 6.69. The molecule has 1 aliphatic carbocycles. The lowest BCUT2D eigenvalue weighted by atomic mass is 10.0. The highest BCUT2D eigenvalue weighted by Gasteiger charge is 2.21. The van der Waals surface area contributed by atoms with Crippen molar-refractivity contribution in [2.45, 2.75) is 56.4 Å². The van der Waals surface area contributed by atoms with E-state index in [-0.39, 0.29) is 0 Å². The van der Waals surface area contributed by atoms with Crippen LogP contribution in [0.15, 0.2) is 29.6 Å². The molecule has 3 aliphatic rings. The van der Waals surface area contributed by atoms with Crippen LogP contribution in [-0.2, 0) is 25.9 Å². The molecule has 0 bridgehead atoms. The number of benzene rings is 1. The maximum absolute atomic E-state index is 4.72. The van der Waals surface area contributed by atoms with E-state index in [2.05, 4.69) is 39.2 Å². The third-order valence-electron chi connectivity index (χ3n) is 5.87. The van der Waals surface area contributed by atoms with Gasteiger partial charge in [-0.15, -0.1) is 0 Å². The van der Waals surface area contributed by atoms with Crippen LogP contribution in [0.5, 0.6) is 0 Å². The van der Waals surface area contributed by atoms with Crippen molar-refractivity contribution in [2.24, 2.45) is 0 Å². The summed E-state index contributed by atoms with van der Waals surface area (Å²) in [6.45, 7) is 4.34. The molecule has 0 unspecified atom stereocenters. The molecule has 3 heterocycles. The average molecular weight is 355 g/mol. The lowest BCUT2D eigenvalue weighted by Crippen LogP contribution is -2.42. The normalized spacial score (nSPS) is 20.1. The van der Waals surface area contributed by atoms with Gasteiger partial charge in [-0.25, -0.2) is 4.98 Å². The smallest absolute Gasteiger partial charge is 0.168 e. The van der Waals surface area contributed by atoms with Crippen LogP contribution >= 0.6 is 11.8 Å². The Morgan fingerprint density at radius 2 is 2.00 bits per heavy atom. The molecule has 2 aliphatic heterocycles. The molecule has 0 atom stereocenters. The van der Waals surface area contributed by atoms with Gasteiger partial charge in [0.05, 0.1) is 5.69 Å². The Labute approximate surface area is 154 Å². The molecule has 132 valence electrons. The molecule has 5 rings (SSSR count). The van der Waals surface area contributed by atoms with Crippen LogP contribution in [-0.4, -0.2) is 34.4 Å². The summed E-state index contributed by atoms with van der Waals surface area (Å²) in [5, 5.41) is 4.93. The Bertz CT molecular complexity index is 740. The molecular weight excluding hydrogens is 328 g/mol. The largest absolute Gasteiger partial charge is 0.371 e. The predicted octanol–water partition coefficient (Wildman–Crippen LogP) is 3.24. The van der Waals surface area contributed by atoms with Gasteiger partial charge in [0.15, 0.2) is 5.16 Å². The van der Waals surface area contributed by atoms with Gasteiger partial charge >= 0.3 is 0 Å². The number of nitrogens with one attached hydrogen (secondary N) is 1. The fourth-order valence-electron chi connectivity index (χ4n) is 4.39. The number of hydrogen-bond acceptors (Lipinski definition) is 4. The van der Waals surface area contributed by atoms with Crippen LogP contribution in [0.4, 0.5) is 5.69 Å². The average Bonchev–Trinajstić information content (AvgIpc) is 3.35. The predicted molar refractivity (Wildman–Crippen MR) is 103 cm³/mol. The first-order valence-electron chi connectivity index (χ1n) is 9.64. The van der Waals surface area contributed by atoms with Gasteiger partial charge in [-0.1, -0.05) is 17.8 Å². The van der Waals surface area contributed by atoms with E-state index >= 15 is 0 Å². The highest BCUT2D eigenvalue weighted by molar-refractivity contribution is 7.99. The standard InChI is InChI=1S/C20H26N4S/c1-2-15-4-5-19(12-16(15)3-1)23-8-6-17(7-9-23)21-13-18-14-24-10-11-25-20(24)22-18/h4-5,12,14,17,21H,1-3,6-11,13H2. The fraction of sp³-hybridized carbons (Fsp3) is 0.550. The minimum Gasteiger partial charge on any atom is -0.371 e. The number of rotatable bonds is 4. The summed E-state index contributed by atoms with van der Waals surface area (Å²) in [7, 11) is 0. The molecule has 1 saturated heterocycles. The number of aryl methyl sites for hydroxylation is 3. The van der Waals surface area contributed by atoms with Gasteiger partial charge in [-0.2, -0.15) is 0 Å². The highest BCUT2D eigenvalue weighted by atomic mass is 32.2. The molecule has 1 fully saturated rings. The second-order valence-corrected chi connectivity index (χ2v) is 8.57. The van der Waals surface area contributed by atoms with Crippen molar-refractivity contribution in [3.63, 3.8) is 0 Å². The zero-order valence-electron chi connectivity index (χ0n) is 14.7. The van der Waals surface area contributed by atoms with Crippen LogP contribution in [0.2, 0.25) is 0 Å².